The van der Waals surface area contributed by atoms with Gasteiger partial charge in [-0.25, -0.2) is 17.8 Å². The number of fused-ring (bicyclic) bond motifs is 1. The molecule has 3 aromatic rings. The summed E-state index contributed by atoms with van der Waals surface area (Å²) in [6.07, 6.45) is 6.78. The smallest absolute Gasteiger partial charge is 0.175 e. The summed E-state index contributed by atoms with van der Waals surface area (Å²) >= 11 is 0. The van der Waals surface area contributed by atoms with Gasteiger partial charge in [0.2, 0.25) is 0 Å². The maximum absolute atomic E-state index is 15.5. The first kappa shape index (κ1) is 29.2. The van der Waals surface area contributed by atoms with Gasteiger partial charge >= 0.3 is 0 Å². The summed E-state index contributed by atoms with van der Waals surface area (Å²) in [6, 6.07) is 12.2. The first-order valence-corrected chi connectivity index (χ1v) is 16.8. The second-order valence-electron chi connectivity index (χ2n) is 12.6. The molecule has 8 heteroatoms. The van der Waals surface area contributed by atoms with Crippen LogP contribution in [0.3, 0.4) is 0 Å². The third-order valence-corrected chi connectivity index (χ3v) is 10.4. The first-order chi connectivity index (χ1) is 19.0. The number of likely N-dealkylation sites (tertiary alicyclic amines) is 2. The number of nitrogens with zero attached hydrogens (tertiary/aromatic N) is 4. The van der Waals surface area contributed by atoms with Crippen LogP contribution < -0.4 is 0 Å². The molecule has 2 fully saturated rings. The van der Waals surface area contributed by atoms with E-state index in [0.717, 1.165) is 48.1 Å². The van der Waals surface area contributed by atoms with Gasteiger partial charge in [-0.2, -0.15) is 0 Å². The van der Waals surface area contributed by atoms with Crippen LogP contribution in [-0.2, 0) is 16.9 Å². The summed E-state index contributed by atoms with van der Waals surface area (Å²) in [5.74, 6) is 1.42. The molecule has 2 aromatic carbocycles. The summed E-state index contributed by atoms with van der Waals surface area (Å²) in [6.45, 7) is 12.6. The Morgan fingerprint density at radius 3 is 2.35 bits per heavy atom. The molecular weight excluding hydrogens is 523 g/mol. The van der Waals surface area contributed by atoms with Crippen molar-refractivity contribution in [3.8, 4) is 11.4 Å². The fourth-order valence-electron chi connectivity index (χ4n) is 7.11. The van der Waals surface area contributed by atoms with E-state index in [4.69, 9.17) is 4.98 Å². The molecule has 0 N–H and O–H groups in total. The summed E-state index contributed by atoms with van der Waals surface area (Å²) in [5.41, 5.74) is 3.10. The van der Waals surface area contributed by atoms with E-state index in [0.29, 0.717) is 29.9 Å². The van der Waals surface area contributed by atoms with E-state index >= 15 is 4.39 Å². The zero-order chi connectivity index (χ0) is 28.8. The summed E-state index contributed by atoms with van der Waals surface area (Å²) < 4.78 is 41.1. The summed E-state index contributed by atoms with van der Waals surface area (Å²) in [4.78, 5) is 10.5. The van der Waals surface area contributed by atoms with E-state index in [9.17, 15) is 8.42 Å². The van der Waals surface area contributed by atoms with Crippen LogP contribution in [0.1, 0.15) is 71.3 Å². The van der Waals surface area contributed by atoms with Crippen molar-refractivity contribution >= 4 is 20.9 Å². The second kappa shape index (κ2) is 11.5. The lowest BCUT2D eigenvalue weighted by molar-refractivity contribution is 0.0112. The molecule has 0 amide bonds. The largest absolute Gasteiger partial charge is 0.327 e. The fraction of sp³-hybridized carbons (Fsp3) is 0.594. The Hall–Kier alpha value is -2.29. The van der Waals surface area contributed by atoms with Gasteiger partial charge in [0.1, 0.15) is 11.6 Å². The highest BCUT2D eigenvalue weighted by atomic mass is 32.2. The molecule has 218 valence electrons. The lowest BCUT2D eigenvalue weighted by Crippen LogP contribution is -2.55. The molecule has 3 unspecified atom stereocenters. The second-order valence-corrected chi connectivity index (χ2v) is 14.6. The monoisotopic (exact) mass is 568 g/mol. The molecule has 0 aliphatic carbocycles. The lowest BCUT2D eigenvalue weighted by atomic mass is 9.84. The Balaban J connectivity index is 1.30. The van der Waals surface area contributed by atoms with Crippen LogP contribution in [0.15, 0.2) is 41.3 Å². The van der Waals surface area contributed by atoms with Gasteiger partial charge in [0.25, 0.3) is 0 Å². The van der Waals surface area contributed by atoms with E-state index in [-0.39, 0.29) is 16.6 Å². The Morgan fingerprint density at radius 1 is 1.07 bits per heavy atom. The average Bonchev–Trinajstić information content (AvgIpc) is 3.23. The Morgan fingerprint density at radius 2 is 1.75 bits per heavy atom. The van der Waals surface area contributed by atoms with E-state index in [1.165, 1.54) is 32.1 Å². The predicted molar refractivity (Wildman–Crippen MR) is 161 cm³/mol. The van der Waals surface area contributed by atoms with Crippen LogP contribution in [-0.4, -0.2) is 71.8 Å². The molecular formula is C32H45FN4O2S. The molecule has 6 nitrogen and oxygen atoms in total. The van der Waals surface area contributed by atoms with E-state index < -0.39 is 9.84 Å². The first-order valence-electron chi connectivity index (χ1n) is 14.9. The minimum absolute atomic E-state index is 0.158. The Kier molecular flexibility index (Phi) is 8.42. The number of imidazole rings is 1. The molecule has 5 rings (SSSR count). The van der Waals surface area contributed by atoms with E-state index in [1.54, 1.807) is 30.3 Å². The molecule has 2 saturated heterocycles. The fourth-order valence-corrected chi connectivity index (χ4v) is 7.74. The highest BCUT2D eigenvalue weighted by Gasteiger charge is 2.36. The van der Waals surface area contributed by atoms with Crippen LogP contribution in [0.5, 0.6) is 0 Å². The standard InChI is InChI=1S/C32H45FN4O2S/c1-7-25-17-26(16-22(4)37(25)20-21(2)3)36-14-12-23(13-15-36)28-18-30-31(19-29(28)33)35(5)32(34-30)24-8-10-27(11-9-24)40(6,38)39/h8-11,18-19,21-23,25-26H,7,12-17,20H2,1-6H3. The number of rotatable bonds is 7. The van der Waals surface area contributed by atoms with Crippen molar-refractivity contribution in [3.63, 3.8) is 0 Å². The summed E-state index contributed by atoms with van der Waals surface area (Å²) in [5, 5.41) is 0. The molecule has 1 aromatic heterocycles. The highest BCUT2D eigenvalue weighted by Crippen LogP contribution is 2.37. The van der Waals surface area contributed by atoms with Crippen molar-refractivity contribution in [2.45, 2.75) is 88.7 Å². The van der Waals surface area contributed by atoms with Crippen molar-refractivity contribution < 1.29 is 12.8 Å². The molecule has 2 aliphatic rings. The molecule has 0 saturated carbocycles. The molecule has 3 heterocycles. The van der Waals surface area contributed by atoms with Crippen molar-refractivity contribution in [1.29, 1.82) is 0 Å². The number of hydrogen-bond acceptors (Lipinski definition) is 5. The average molecular weight is 569 g/mol. The minimum Gasteiger partial charge on any atom is -0.327 e. The lowest BCUT2D eigenvalue weighted by Gasteiger charge is -2.49. The number of benzene rings is 2. The van der Waals surface area contributed by atoms with Gasteiger partial charge in [0, 0.05) is 49.6 Å². The van der Waals surface area contributed by atoms with E-state index in [2.05, 4.69) is 37.5 Å². The quantitative estimate of drug-likeness (QED) is 0.337. The minimum atomic E-state index is -3.27. The Labute approximate surface area is 239 Å². The van der Waals surface area contributed by atoms with Gasteiger partial charge in [0.15, 0.2) is 9.84 Å². The van der Waals surface area contributed by atoms with Crippen LogP contribution >= 0.6 is 0 Å². The van der Waals surface area contributed by atoms with Gasteiger partial charge in [-0.1, -0.05) is 20.8 Å². The number of aromatic nitrogens is 2. The van der Waals surface area contributed by atoms with Crippen molar-refractivity contribution in [2.24, 2.45) is 13.0 Å². The maximum atomic E-state index is 15.5. The molecule has 0 bridgehead atoms. The molecule has 0 spiro atoms. The molecule has 40 heavy (non-hydrogen) atoms. The van der Waals surface area contributed by atoms with Crippen LogP contribution in [0.4, 0.5) is 4.39 Å². The normalized spacial score (nSPS) is 23.9. The number of halogens is 1. The van der Waals surface area contributed by atoms with Gasteiger partial charge in [-0.05, 0) is 99.8 Å². The molecule has 0 radical (unpaired) electrons. The number of aryl methyl sites for hydroxylation is 1. The van der Waals surface area contributed by atoms with Crippen molar-refractivity contribution in [2.75, 3.05) is 25.9 Å². The van der Waals surface area contributed by atoms with Crippen LogP contribution in [0.25, 0.3) is 22.4 Å². The third kappa shape index (κ3) is 5.86. The molecule has 3 atom stereocenters. The Bertz CT molecular complexity index is 1440. The van der Waals surface area contributed by atoms with Crippen molar-refractivity contribution in [3.05, 3.63) is 47.8 Å². The maximum Gasteiger partial charge on any atom is 0.175 e. The zero-order valence-electron chi connectivity index (χ0n) is 24.9. The van der Waals surface area contributed by atoms with Crippen LogP contribution in [0, 0.1) is 11.7 Å². The van der Waals surface area contributed by atoms with Gasteiger partial charge in [-0.3, -0.25) is 4.90 Å². The van der Waals surface area contributed by atoms with Crippen LogP contribution in [0.2, 0.25) is 0 Å². The SMILES string of the molecule is CCC1CC(N2CCC(c3cc4nc(-c5ccc(S(C)(=O)=O)cc5)n(C)c4cc3F)CC2)CC(C)N1CC(C)C. The summed E-state index contributed by atoms with van der Waals surface area (Å²) in [7, 11) is -1.39. The number of piperidine rings is 2. The zero-order valence-corrected chi connectivity index (χ0v) is 25.7. The highest BCUT2D eigenvalue weighted by molar-refractivity contribution is 7.90. The predicted octanol–water partition coefficient (Wildman–Crippen LogP) is 6.25. The van der Waals surface area contributed by atoms with Crippen molar-refractivity contribution in [1.82, 2.24) is 19.4 Å². The van der Waals surface area contributed by atoms with Gasteiger partial charge in [-0.15, -0.1) is 0 Å². The molecule has 2 aliphatic heterocycles. The van der Waals surface area contributed by atoms with Gasteiger partial charge in [0.05, 0.1) is 15.9 Å². The number of sulfone groups is 1. The number of hydrogen-bond donors (Lipinski definition) is 0. The topological polar surface area (TPSA) is 58.4 Å². The third-order valence-electron chi connectivity index (χ3n) is 9.27. The van der Waals surface area contributed by atoms with Gasteiger partial charge < -0.3 is 9.47 Å². The van der Waals surface area contributed by atoms with E-state index in [1.807, 2.05) is 17.7 Å².